The van der Waals surface area contributed by atoms with E-state index in [1.807, 2.05) is 26.1 Å². The first-order chi connectivity index (χ1) is 8.59. The molecule has 0 saturated carbocycles. The Morgan fingerprint density at radius 3 is 2.89 bits per heavy atom. The van der Waals surface area contributed by atoms with Crippen LogP contribution in [0.25, 0.3) is 10.9 Å². The van der Waals surface area contributed by atoms with Crippen LogP contribution in [-0.2, 0) is 18.3 Å². The number of para-hydroxylation sites is 1. The van der Waals surface area contributed by atoms with Crippen molar-refractivity contribution in [1.29, 1.82) is 0 Å². The lowest BCUT2D eigenvalue weighted by atomic mass is 9.94. The molecule has 0 bridgehead atoms. The number of aliphatic carboxylic acids is 1. The molecule has 0 spiro atoms. The second kappa shape index (κ2) is 3.85. The van der Waals surface area contributed by atoms with Gasteiger partial charge in [-0.1, -0.05) is 18.2 Å². The summed E-state index contributed by atoms with van der Waals surface area (Å²) in [6.07, 6.45) is 0.552. The molecule has 2 N–H and O–H groups in total. The zero-order chi connectivity index (χ0) is 12.9. The Labute approximate surface area is 105 Å². The number of hydrogen-bond donors (Lipinski definition) is 2. The molecule has 94 valence electrons. The lowest BCUT2D eigenvalue weighted by Crippen LogP contribution is -2.44. The Morgan fingerprint density at radius 1 is 1.44 bits per heavy atom. The maximum absolute atomic E-state index is 11.2. The number of carboxylic acid groups (broad SMARTS) is 1. The van der Waals surface area contributed by atoms with Crippen molar-refractivity contribution in [3.05, 3.63) is 35.5 Å². The van der Waals surface area contributed by atoms with Crippen molar-refractivity contribution in [2.24, 2.45) is 7.05 Å². The number of rotatable bonds is 1. The number of carbonyl (C=O) groups is 1. The first kappa shape index (κ1) is 11.3. The Bertz CT molecular complexity index is 630. The molecule has 0 aliphatic carbocycles. The third-order valence-electron chi connectivity index (χ3n) is 3.83. The van der Waals surface area contributed by atoms with Crippen molar-refractivity contribution >= 4 is 16.9 Å². The van der Waals surface area contributed by atoms with Crippen LogP contribution in [0.2, 0.25) is 0 Å². The lowest BCUT2D eigenvalue weighted by molar-refractivity contribution is -0.139. The monoisotopic (exact) mass is 244 g/mol. The predicted octanol–water partition coefficient (Wildman–Crippen LogP) is 1.84. The topological polar surface area (TPSA) is 54.3 Å². The van der Waals surface area contributed by atoms with Crippen molar-refractivity contribution in [3.8, 4) is 0 Å². The first-order valence-corrected chi connectivity index (χ1v) is 6.14. The first-order valence-electron chi connectivity index (χ1n) is 6.14. The fourth-order valence-electron chi connectivity index (χ4n) is 3.06. The molecule has 0 fully saturated rings. The van der Waals surface area contributed by atoms with Gasteiger partial charge in [-0.15, -0.1) is 0 Å². The highest BCUT2D eigenvalue weighted by molar-refractivity contribution is 5.87. The molecule has 4 nitrogen and oxygen atoms in total. The smallest absolute Gasteiger partial charge is 0.321 e. The Morgan fingerprint density at radius 2 is 2.17 bits per heavy atom. The van der Waals surface area contributed by atoms with E-state index in [1.165, 1.54) is 22.2 Å². The molecule has 2 aromatic rings. The Balaban J connectivity index is 2.24. The Kier molecular flexibility index (Phi) is 2.41. The molecule has 1 aromatic heterocycles. The van der Waals surface area contributed by atoms with Crippen molar-refractivity contribution < 1.29 is 9.90 Å². The standard InChI is InChI=1S/C14H16N2O2/c1-8-13-10(7-11(15-8)14(17)18)9-5-3-4-6-12(9)16(13)2/h3-6,8,11,15H,7H2,1-2H3,(H,17,18)/t8?,11-/m0/s1. The highest BCUT2D eigenvalue weighted by Crippen LogP contribution is 2.33. The van der Waals surface area contributed by atoms with Gasteiger partial charge in [-0.3, -0.25) is 10.1 Å². The fraction of sp³-hybridized carbons (Fsp3) is 0.357. The summed E-state index contributed by atoms with van der Waals surface area (Å²) in [5.74, 6) is -0.777. The summed E-state index contributed by atoms with van der Waals surface area (Å²) in [6, 6.07) is 7.75. The van der Waals surface area contributed by atoms with Crippen molar-refractivity contribution in [2.75, 3.05) is 0 Å². The molecule has 3 rings (SSSR count). The number of nitrogens with zero attached hydrogens (tertiary/aromatic N) is 1. The lowest BCUT2D eigenvalue weighted by Gasteiger charge is -2.27. The summed E-state index contributed by atoms with van der Waals surface area (Å²) in [4.78, 5) is 11.2. The minimum atomic E-state index is -0.777. The molecule has 4 heteroatoms. The molecule has 0 amide bonds. The van der Waals surface area contributed by atoms with Gasteiger partial charge in [-0.05, 0) is 18.6 Å². The highest BCUT2D eigenvalue weighted by atomic mass is 16.4. The van der Waals surface area contributed by atoms with E-state index in [2.05, 4.69) is 22.0 Å². The molecule has 2 heterocycles. The number of hydrogen-bond acceptors (Lipinski definition) is 2. The zero-order valence-electron chi connectivity index (χ0n) is 10.5. The third-order valence-corrected chi connectivity index (χ3v) is 3.83. The van der Waals surface area contributed by atoms with Crippen LogP contribution in [0, 0.1) is 0 Å². The fourth-order valence-corrected chi connectivity index (χ4v) is 3.06. The van der Waals surface area contributed by atoms with Crippen LogP contribution in [0.5, 0.6) is 0 Å². The molecule has 1 unspecified atom stereocenters. The van der Waals surface area contributed by atoms with Gasteiger partial charge >= 0.3 is 5.97 Å². The number of fused-ring (bicyclic) bond motifs is 3. The van der Waals surface area contributed by atoms with E-state index < -0.39 is 12.0 Å². The minimum absolute atomic E-state index is 0.0623. The van der Waals surface area contributed by atoms with E-state index >= 15 is 0 Å². The van der Waals surface area contributed by atoms with E-state index in [9.17, 15) is 9.90 Å². The van der Waals surface area contributed by atoms with Crippen LogP contribution in [0.4, 0.5) is 0 Å². The summed E-state index contributed by atoms with van der Waals surface area (Å²) in [5.41, 5.74) is 3.54. The van der Waals surface area contributed by atoms with Crippen LogP contribution in [0.3, 0.4) is 0 Å². The average Bonchev–Trinajstić information content (AvgIpc) is 2.64. The van der Waals surface area contributed by atoms with Gasteiger partial charge in [-0.2, -0.15) is 0 Å². The SMILES string of the molecule is CC1N[C@H](C(=O)O)Cc2c1n(C)c1ccccc21. The summed E-state index contributed by atoms with van der Waals surface area (Å²) in [7, 11) is 2.04. The minimum Gasteiger partial charge on any atom is -0.480 e. The number of aryl methyl sites for hydroxylation is 1. The summed E-state index contributed by atoms with van der Waals surface area (Å²) in [6.45, 7) is 2.02. The van der Waals surface area contributed by atoms with E-state index in [-0.39, 0.29) is 6.04 Å². The Hall–Kier alpha value is -1.81. The quantitative estimate of drug-likeness (QED) is 0.804. The zero-order valence-corrected chi connectivity index (χ0v) is 10.5. The molecular formula is C14H16N2O2. The van der Waals surface area contributed by atoms with Crippen LogP contribution < -0.4 is 5.32 Å². The van der Waals surface area contributed by atoms with Crippen molar-refractivity contribution in [2.45, 2.75) is 25.4 Å². The second-order valence-corrected chi connectivity index (χ2v) is 4.92. The van der Waals surface area contributed by atoms with E-state index in [4.69, 9.17) is 0 Å². The van der Waals surface area contributed by atoms with Crippen LogP contribution in [0.1, 0.15) is 24.2 Å². The summed E-state index contributed by atoms with van der Waals surface area (Å²) >= 11 is 0. The third kappa shape index (κ3) is 1.46. The summed E-state index contributed by atoms with van der Waals surface area (Å²) in [5, 5.41) is 13.5. The largest absolute Gasteiger partial charge is 0.480 e. The molecule has 1 aromatic carbocycles. The molecular weight excluding hydrogens is 228 g/mol. The maximum Gasteiger partial charge on any atom is 0.321 e. The number of aromatic nitrogens is 1. The second-order valence-electron chi connectivity index (χ2n) is 4.92. The molecule has 18 heavy (non-hydrogen) atoms. The maximum atomic E-state index is 11.2. The number of carboxylic acids is 1. The van der Waals surface area contributed by atoms with Gasteiger partial charge in [-0.25, -0.2) is 0 Å². The van der Waals surface area contributed by atoms with E-state index in [1.54, 1.807) is 0 Å². The highest BCUT2D eigenvalue weighted by Gasteiger charge is 2.31. The van der Waals surface area contributed by atoms with Gasteiger partial charge in [0.1, 0.15) is 6.04 Å². The predicted molar refractivity (Wildman–Crippen MR) is 69.6 cm³/mol. The molecule has 0 radical (unpaired) electrons. The van der Waals surface area contributed by atoms with Crippen molar-refractivity contribution in [3.63, 3.8) is 0 Å². The molecule has 1 aliphatic rings. The van der Waals surface area contributed by atoms with E-state index in [0.717, 1.165) is 0 Å². The number of benzene rings is 1. The van der Waals surface area contributed by atoms with Crippen molar-refractivity contribution in [1.82, 2.24) is 9.88 Å². The number of nitrogens with one attached hydrogen (secondary N) is 1. The van der Waals surface area contributed by atoms with Gasteiger partial charge in [0.25, 0.3) is 0 Å². The van der Waals surface area contributed by atoms with Gasteiger partial charge in [0, 0.05) is 36.1 Å². The van der Waals surface area contributed by atoms with E-state index in [0.29, 0.717) is 6.42 Å². The van der Waals surface area contributed by atoms with Crippen LogP contribution >= 0.6 is 0 Å². The van der Waals surface area contributed by atoms with Crippen LogP contribution in [0.15, 0.2) is 24.3 Å². The normalized spacial score (nSPS) is 23.0. The average molecular weight is 244 g/mol. The molecule has 0 saturated heterocycles. The van der Waals surface area contributed by atoms with Gasteiger partial charge < -0.3 is 9.67 Å². The van der Waals surface area contributed by atoms with Gasteiger partial charge in [0.15, 0.2) is 0 Å². The van der Waals surface area contributed by atoms with Crippen LogP contribution in [-0.4, -0.2) is 21.7 Å². The summed E-state index contributed by atoms with van der Waals surface area (Å²) < 4.78 is 2.17. The molecule has 1 aliphatic heterocycles. The van der Waals surface area contributed by atoms with Gasteiger partial charge in [0.05, 0.1) is 0 Å². The molecule has 2 atom stereocenters. The van der Waals surface area contributed by atoms with Gasteiger partial charge in [0.2, 0.25) is 0 Å².